The first-order valence-corrected chi connectivity index (χ1v) is 7.64. The predicted molar refractivity (Wildman–Crippen MR) is 74.6 cm³/mol. The van der Waals surface area contributed by atoms with Gasteiger partial charge in [-0.2, -0.15) is 0 Å². The molecule has 1 saturated carbocycles. The van der Waals surface area contributed by atoms with Crippen molar-refractivity contribution < 1.29 is 9.59 Å². The third kappa shape index (κ3) is 3.71. The average Bonchev–Trinajstić information content (AvgIpc) is 2.41. The van der Waals surface area contributed by atoms with Crippen LogP contribution in [0.25, 0.3) is 0 Å². The lowest BCUT2D eigenvalue weighted by Crippen LogP contribution is -2.54. The van der Waals surface area contributed by atoms with Gasteiger partial charge in [0.2, 0.25) is 11.8 Å². The summed E-state index contributed by atoms with van der Waals surface area (Å²) in [6, 6.07) is 0. The molecule has 0 spiro atoms. The molecule has 19 heavy (non-hydrogen) atoms. The minimum Gasteiger partial charge on any atom is -0.339 e. The van der Waals surface area contributed by atoms with E-state index in [0.29, 0.717) is 19.0 Å². The highest BCUT2D eigenvalue weighted by Crippen LogP contribution is 2.25. The van der Waals surface area contributed by atoms with Gasteiger partial charge in [-0.25, -0.2) is 0 Å². The Morgan fingerprint density at radius 3 is 2.47 bits per heavy atom. The molecule has 2 aliphatic rings. The van der Waals surface area contributed by atoms with E-state index in [2.05, 4.69) is 0 Å². The van der Waals surface area contributed by atoms with Gasteiger partial charge in [0.05, 0.1) is 6.54 Å². The third-order valence-corrected chi connectivity index (χ3v) is 4.33. The van der Waals surface area contributed by atoms with Gasteiger partial charge in [-0.15, -0.1) is 0 Å². The van der Waals surface area contributed by atoms with E-state index in [-0.39, 0.29) is 24.3 Å². The van der Waals surface area contributed by atoms with E-state index in [1.54, 1.807) is 4.90 Å². The summed E-state index contributed by atoms with van der Waals surface area (Å²) in [7, 11) is 0. The maximum Gasteiger partial charge on any atom is 0.242 e. The third-order valence-electron chi connectivity index (χ3n) is 4.33. The number of piperazine rings is 1. The number of rotatable bonds is 3. The van der Waals surface area contributed by atoms with E-state index in [4.69, 9.17) is 0 Å². The molecule has 1 heterocycles. The molecule has 0 aromatic heterocycles. The zero-order valence-corrected chi connectivity index (χ0v) is 12.2. The Labute approximate surface area is 116 Å². The smallest absolute Gasteiger partial charge is 0.242 e. The van der Waals surface area contributed by atoms with Crippen LogP contribution < -0.4 is 0 Å². The molecule has 4 heteroatoms. The van der Waals surface area contributed by atoms with E-state index in [1.807, 2.05) is 18.7 Å². The lowest BCUT2D eigenvalue weighted by Gasteiger charge is -2.37. The van der Waals surface area contributed by atoms with E-state index in [0.717, 1.165) is 6.54 Å². The highest BCUT2D eigenvalue weighted by atomic mass is 16.2. The predicted octanol–water partition coefficient (Wildman–Crippen LogP) is 1.89. The Kier molecular flexibility index (Phi) is 4.83. The molecule has 0 aromatic carbocycles. The summed E-state index contributed by atoms with van der Waals surface area (Å²) < 4.78 is 0. The summed E-state index contributed by atoms with van der Waals surface area (Å²) in [5.41, 5.74) is 0. The monoisotopic (exact) mass is 266 g/mol. The lowest BCUT2D eigenvalue weighted by atomic mass is 9.89. The SMILES string of the molecule is CC(C)C(=O)N1CCN(CC2CCCCC2)C(=O)C1. The van der Waals surface area contributed by atoms with Gasteiger partial charge in [0, 0.05) is 25.6 Å². The molecule has 0 radical (unpaired) electrons. The van der Waals surface area contributed by atoms with Gasteiger partial charge in [-0.1, -0.05) is 33.1 Å². The fourth-order valence-electron chi connectivity index (χ4n) is 3.14. The van der Waals surface area contributed by atoms with E-state index >= 15 is 0 Å². The molecule has 108 valence electrons. The van der Waals surface area contributed by atoms with Crippen molar-refractivity contribution in [1.82, 2.24) is 9.80 Å². The molecule has 0 aromatic rings. The van der Waals surface area contributed by atoms with Gasteiger partial charge in [-0.3, -0.25) is 9.59 Å². The molecule has 4 nitrogen and oxygen atoms in total. The van der Waals surface area contributed by atoms with E-state index in [9.17, 15) is 9.59 Å². The molecule has 0 unspecified atom stereocenters. The Hall–Kier alpha value is -1.06. The van der Waals surface area contributed by atoms with Crippen molar-refractivity contribution in [2.24, 2.45) is 11.8 Å². The van der Waals surface area contributed by atoms with Crippen LogP contribution in [0.3, 0.4) is 0 Å². The first-order valence-electron chi connectivity index (χ1n) is 7.64. The molecule has 2 amide bonds. The molecule has 1 saturated heterocycles. The van der Waals surface area contributed by atoms with Gasteiger partial charge in [0.15, 0.2) is 0 Å². The first kappa shape index (κ1) is 14.4. The minimum absolute atomic E-state index is 0.0160. The molecular weight excluding hydrogens is 240 g/mol. The van der Waals surface area contributed by atoms with Gasteiger partial charge >= 0.3 is 0 Å². The van der Waals surface area contributed by atoms with Crippen LogP contribution in [0, 0.1) is 11.8 Å². The molecular formula is C15H26N2O2. The number of amides is 2. The normalized spacial score (nSPS) is 22.2. The minimum atomic E-state index is -0.0160. The van der Waals surface area contributed by atoms with Crippen molar-refractivity contribution in [3.63, 3.8) is 0 Å². The van der Waals surface area contributed by atoms with Crippen LogP contribution in [0.5, 0.6) is 0 Å². The summed E-state index contributed by atoms with van der Waals surface area (Å²) in [5.74, 6) is 0.902. The van der Waals surface area contributed by atoms with Crippen molar-refractivity contribution in [3.8, 4) is 0 Å². The van der Waals surface area contributed by atoms with Crippen molar-refractivity contribution in [2.75, 3.05) is 26.2 Å². The van der Waals surface area contributed by atoms with Crippen LogP contribution in [-0.4, -0.2) is 47.8 Å². The Morgan fingerprint density at radius 2 is 1.89 bits per heavy atom. The van der Waals surface area contributed by atoms with Crippen molar-refractivity contribution in [2.45, 2.75) is 46.0 Å². The maximum atomic E-state index is 12.1. The van der Waals surface area contributed by atoms with Gasteiger partial charge in [0.25, 0.3) is 0 Å². The van der Waals surface area contributed by atoms with Crippen molar-refractivity contribution >= 4 is 11.8 Å². The quantitative estimate of drug-likeness (QED) is 0.782. The van der Waals surface area contributed by atoms with Gasteiger partial charge < -0.3 is 9.80 Å². The van der Waals surface area contributed by atoms with E-state index < -0.39 is 0 Å². The van der Waals surface area contributed by atoms with Crippen LogP contribution in [0.1, 0.15) is 46.0 Å². The summed E-state index contributed by atoms with van der Waals surface area (Å²) in [5, 5.41) is 0. The standard InChI is InChI=1S/C15H26N2O2/c1-12(2)15(19)17-9-8-16(14(18)11-17)10-13-6-4-3-5-7-13/h12-13H,3-11H2,1-2H3. The van der Waals surface area contributed by atoms with Gasteiger partial charge in [-0.05, 0) is 18.8 Å². The van der Waals surface area contributed by atoms with Crippen LogP contribution in [0.4, 0.5) is 0 Å². The Balaban J connectivity index is 1.83. The number of hydrogen-bond acceptors (Lipinski definition) is 2. The molecule has 2 rings (SSSR count). The number of nitrogens with zero attached hydrogens (tertiary/aromatic N) is 2. The molecule has 0 N–H and O–H groups in total. The van der Waals surface area contributed by atoms with Crippen molar-refractivity contribution in [3.05, 3.63) is 0 Å². The second-order valence-electron chi connectivity index (χ2n) is 6.26. The van der Waals surface area contributed by atoms with Gasteiger partial charge in [0.1, 0.15) is 0 Å². The molecule has 1 aliphatic heterocycles. The van der Waals surface area contributed by atoms with Crippen molar-refractivity contribution in [1.29, 1.82) is 0 Å². The Morgan fingerprint density at radius 1 is 1.21 bits per heavy atom. The maximum absolute atomic E-state index is 12.1. The second kappa shape index (κ2) is 6.40. The first-order chi connectivity index (χ1) is 9.08. The fourth-order valence-corrected chi connectivity index (χ4v) is 3.14. The number of hydrogen-bond donors (Lipinski definition) is 0. The summed E-state index contributed by atoms with van der Waals surface area (Å²) >= 11 is 0. The fraction of sp³-hybridized carbons (Fsp3) is 0.867. The average molecular weight is 266 g/mol. The zero-order chi connectivity index (χ0) is 13.8. The van der Waals surface area contributed by atoms with Crippen LogP contribution in [0.2, 0.25) is 0 Å². The summed E-state index contributed by atoms with van der Waals surface area (Å²) in [6.45, 7) is 6.39. The number of carbonyl (C=O) groups is 2. The zero-order valence-electron chi connectivity index (χ0n) is 12.2. The topological polar surface area (TPSA) is 40.6 Å². The number of carbonyl (C=O) groups excluding carboxylic acids is 2. The molecule has 0 atom stereocenters. The highest BCUT2D eigenvalue weighted by molar-refractivity contribution is 5.86. The second-order valence-corrected chi connectivity index (χ2v) is 6.26. The molecule has 1 aliphatic carbocycles. The molecule has 2 fully saturated rings. The van der Waals surface area contributed by atoms with Crippen LogP contribution in [0.15, 0.2) is 0 Å². The summed E-state index contributed by atoms with van der Waals surface area (Å²) in [4.78, 5) is 27.7. The summed E-state index contributed by atoms with van der Waals surface area (Å²) in [6.07, 6.45) is 6.49. The van der Waals surface area contributed by atoms with Crippen LogP contribution in [-0.2, 0) is 9.59 Å². The largest absolute Gasteiger partial charge is 0.339 e. The molecule has 0 bridgehead atoms. The lowest BCUT2D eigenvalue weighted by molar-refractivity contribution is -0.147. The highest BCUT2D eigenvalue weighted by Gasteiger charge is 2.29. The van der Waals surface area contributed by atoms with E-state index in [1.165, 1.54) is 32.1 Å². The van der Waals surface area contributed by atoms with Crippen LogP contribution >= 0.6 is 0 Å². The Bertz CT molecular complexity index is 335.